The lowest BCUT2D eigenvalue weighted by atomic mass is 10.0. The number of hydrogen-bond acceptors (Lipinski definition) is 3. The molecule has 2 fully saturated rings. The fraction of sp³-hybridized carbons (Fsp3) is 1.00. The Morgan fingerprint density at radius 1 is 1.24 bits per heavy atom. The molecule has 100 valence electrons. The highest BCUT2D eigenvalue weighted by molar-refractivity contribution is 4.89. The first-order chi connectivity index (χ1) is 8.08. The lowest BCUT2D eigenvalue weighted by molar-refractivity contribution is 0.0994. The van der Waals surface area contributed by atoms with Crippen LogP contribution in [0.2, 0.25) is 0 Å². The van der Waals surface area contributed by atoms with Gasteiger partial charge in [0.05, 0.1) is 0 Å². The van der Waals surface area contributed by atoms with Crippen molar-refractivity contribution in [2.75, 3.05) is 32.7 Å². The Kier molecular flexibility index (Phi) is 4.45. The molecule has 1 aliphatic heterocycles. The van der Waals surface area contributed by atoms with Gasteiger partial charge in [0.25, 0.3) is 0 Å². The van der Waals surface area contributed by atoms with E-state index in [0.717, 1.165) is 31.6 Å². The van der Waals surface area contributed by atoms with Crippen molar-refractivity contribution in [2.24, 2.45) is 5.92 Å². The van der Waals surface area contributed by atoms with Gasteiger partial charge in [0.2, 0.25) is 0 Å². The molecule has 2 N–H and O–H groups in total. The average molecular weight is 239 g/mol. The van der Waals surface area contributed by atoms with E-state index < -0.39 is 0 Å². The van der Waals surface area contributed by atoms with Crippen LogP contribution in [0, 0.1) is 5.92 Å². The fourth-order valence-electron chi connectivity index (χ4n) is 3.17. The SMILES string of the molecule is CC1CCC(NCC(C)(C)N2CCNCC2)C1. The van der Waals surface area contributed by atoms with E-state index in [9.17, 15) is 0 Å². The summed E-state index contributed by atoms with van der Waals surface area (Å²) in [4.78, 5) is 2.62. The van der Waals surface area contributed by atoms with Crippen molar-refractivity contribution in [1.29, 1.82) is 0 Å². The molecule has 0 aromatic rings. The molecular formula is C14H29N3. The molecule has 17 heavy (non-hydrogen) atoms. The summed E-state index contributed by atoms with van der Waals surface area (Å²) in [5.41, 5.74) is 0.300. The van der Waals surface area contributed by atoms with Gasteiger partial charge >= 0.3 is 0 Å². The van der Waals surface area contributed by atoms with Crippen molar-refractivity contribution in [3.05, 3.63) is 0 Å². The van der Waals surface area contributed by atoms with Crippen LogP contribution in [0.15, 0.2) is 0 Å². The van der Waals surface area contributed by atoms with E-state index in [1.165, 1.54) is 32.4 Å². The largest absolute Gasteiger partial charge is 0.314 e. The van der Waals surface area contributed by atoms with Crippen molar-refractivity contribution in [1.82, 2.24) is 15.5 Å². The molecular weight excluding hydrogens is 210 g/mol. The number of rotatable bonds is 4. The summed E-state index contributed by atoms with van der Waals surface area (Å²) < 4.78 is 0. The number of nitrogens with zero attached hydrogens (tertiary/aromatic N) is 1. The van der Waals surface area contributed by atoms with E-state index in [4.69, 9.17) is 0 Å². The smallest absolute Gasteiger partial charge is 0.0278 e. The van der Waals surface area contributed by atoms with Gasteiger partial charge in [-0.15, -0.1) is 0 Å². The zero-order valence-electron chi connectivity index (χ0n) is 11.8. The van der Waals surface area contributed by atoms with Crippen molar-refractivity contribution in [3.8, 4) is 0 Å². The van der Waals surface area contributed by atoms with Crippen LogP contribution in [0.4, 0.5) is 0 Å². The molecule has 0 radical (unpaired) electrons. The van der Waals surface area contributed by atoms with E-state index in [2.05, 4.69) is 36.3 Å². The predicted octanol–water partition coefficient (Wildman–Crippen LogP) is 1.45. The van der Waals surface area contributed by atoms with Crippen LogP contribution in [0.3, 0.4) is 0 Å². The number of hydrogen-bond donors (Lipinski definition) is 2. The Bertz CT molecular complexity index is 234. The minimum atomic E-state index is 0.300. The van der Waals surface area contributed by atoms with Crippen molar-refractivity contribution in [3.63, 3.8) is 0 Å². The van der Waals surface area contributed by atoms with Gasteiger partial charge in [-0.25, -0.2) is 0 Å². The monoisotopic (exact) mass is 239 g/mol. The van der Waals surface area contributed by atoms with Crippen LogP contribution in [0.25, 0.3) is 0 Å². The van der Waals surface area contributed by atoms with Crippen molar-refractivity contribution in [2.45, 2.75) is 51.6 Å². The lowest BCUT2D eigenvalue weighted by Crippen LogP contribution is -2.57. The molecule has 0 spiro atoms. The van der Waals surface area contributed by atoms with Gasteiger partial charge in [-0.2, -0.15) is 0 Å². The molecule has 2 unspecified atom stereocenters. The third-order valence-electron chi connectivity index (χ3n) is 4.49. The molecule has 1 heterocycles. The summed E-state index contributed by atoms with van der Waals surface area (Å²) in [7, 11) is 0. The van der Waals surface area contributed by atoms with Crippen molar-refractivity contribution < 1.29 is 0 Å². The Morgan fingerprint density at radius 2 is 1.94 bits per heavy atom. The van der Waals surface area contributed by atoms with E-state index in [0.29, 0.717) is 5.54 Å². The molecule has 1 saturated carbocycles. The first-order valence-corrected chi connectivity index (χ1v) is 7.27. The molecule has 3 nitrogen and oxygen atoms in total. The predicted molar refractivity (Wildman–Crippen MR) is 73.3 cm³/mol. The highest BCUT2D eigenvalue weighted by Gasteiger charge is 2.29. The zero-order chi connectivity index (χ0) is 12.3. The molecule has 2 rings (SSSR count). The van der Waals surface area contributed by atoms with Gasteiger partial charge in [0.15, 0.2) is 0 Å². The normalized spacial score (nSPS) is 31.9. The zero-order valence-corrected chi connectivity index (χ0v) is 11.8. The molecule has 1 saturated heterocycles. The second-order valence-electron chi connectivity index (χ2n) is 6.55. The Labute approximate surface area is 106 Å². The highest BCUT2D eigenvalue weighted by atomic mass is 15.2. The molecule has 1 aliphatic carbocycles. The molecule has 0 aromatic carbocycles. The van der Waals surface area contributed by atoms with Gasteiger partial charge < -0.3 is 10.6 Å². The van der Waals surface area contributed by atoms with Gasteiger partial charge in [-0.1, -0.05) is 6.92 Å². The third-order valence-corrected chi connectivity index (χ3v) is 4.49. The van der Waals surface area contributed by atoms with E-state index in [-0.39, 0.29) is 0 Å². The minimum absolute atomic E-state index is 0.300. The fourth-order valence-corrected chi connectivity index (χ4v) is 3.17. The molecule has 2 aliphatic rings. The summed E-state index contributed by atoms with van der Waals surface area (Å²) in [6.45, 7) is 12.9. The maximum absolute atomic E-state index is 3.79. The molecule has 0 amide bonds. The first-order valence-electron chi connectivity index (χ1n) is 7.27. The minimum Gasteiger partial charge on any atom is -0.314 e. The van der Waals surface area contributed by atoms with E-state index >= 15 is 0 Å². The maximum atomic E-state index is 3.79. The average Bonchev–Trinajstić information content (AvgIpc) is 2.74. The molecule has 0 aromatic heterocycles. The van der Waals surface area contributed by atoms with Crippen LogP contribution in [0.1, 0.15) is 40.0 Å². The van der Waals surface area contributed by atoms with Gasteiger partial charge in [0, 0.05) is 44.3 Å². The number of nitrogens with one attached hydrogen (secondary N) is 2. The van der Waals surface area contributed by atoms with Crippen LogP contribution in [0.5, 0.6) is 0 Å². The first kappa shape index (κ1) is 13.3. The molecule has 3 heteroatoms. The van der Waals surface area contributed by atoms with Gasteiger partial charge in [-0.05, 0) is 39.0 Å². The maximum Gasteiger partial charge on any atom is 0.0278 e. The molecule has 2 atom stereocenters. The second-order valence-corrected chi connectivity index (χ2v) is 6.55. The Balaban J connectivity index is 1.76. The topological polar surface area (TPSA) is 27.3 Å². The van der Waals surface area contributed by atoms with Crippen LogP contribution in [-0.2, 0) is 0 Å². The standard InChI is InChI=1S/C14H29N3/c1-12-4-5-13(10-12)16-11-14(2,3)17-8-6-15-7-9-17/h12-13,15-16H,4-11H2,1-3H3. The Hall–Kier alpha value is -0.120. The second kappa shape index (κ2) is 5.68. The molecule has 0 bridgehead atoms. The summed E-state index contributed by atoms with van der Waals surface area (Å²) in [6.07, 6.45) is 4.15. The van der Waals surface area contributed by atoms with E-state index in [1.54, 1.807) is 0 Å². The summed E-state index contributed by atoms with van der Waals surface area (Å²) in [6, 6.07) is 0.771. The quantitative estimate of drug-likeness (QED) is 0.777. The van der Waals surface area contributed by atoms with E-state index in [1.807, 2.05) is 0 Å². The van der Waals surface area contributed by atoms with Gasteiger partial charge in [-0.3, -0.25) is 4.90 Å². The van der Waals surface area contributed by atoms with Gasteiger partial charge in [0.1, 0.15) is 0 Å². The third kappa shape index (κ3) is 3.67. The van der Waals surface area contributed by atoms with Crippen LogP contribution in [-0.4, -0.2) is 49.2 Å². The lowest BCUT2D eigenvalue weighted by Gasteiger charge is -2.42. The number of piperazine rings is 1. The summed E-state index contributed by atoms with van der Waals surface area (Å²) in [5, 5.41) is 7.22. The summed E-state index contributed by atoms with van der Waals surface area (Å²) in [5.74, 6) is 0.926. The summed E-state index contributed by atoms with van der Waals surface area (Å²) >= 11 is 0. The Morgan fingerprint density at radius 3 is 2.53 bits per heavy atom. The van der Waals surface area contributed by atoms with Crippen molar-refractivity contribution >= 4 is 0 Å². The van der Waals surface area contributed by atoms with Crippen LogP contribution >= 0.6 is 0 Å². The highest BCUT2D eigenvalue weighted by Crippen LogP contribution is 2.25. The van der Waals surface area contributed by atoms with Crippen LogP contribution < -0.4 is 10.6 Å².